The van der Waals surface area contributed by atoms with Crippen molar-refractivity contribution in [2.75, 3.05) is 27.2 Å². The third kappa shape index (κ3) is 26.5. The number of hydrogen-bond donors (Lipinski definition) is 18. The summed E-state index contributed by atoms with van der Waals surface area (Å²) in [5, 5.41) is 77.0. The number of carbonyl (C=O) groups excluding carboxylic acids is 10. The van der Waals surface area contributed by atoms with Crippen LogP contribution >= 0.6 is 0 Å². The smallest absolute Gasteiger partial charge is 0.326 e. The van der Waals surface area contributed by atoms with Crippen LogP contribution in [-0.2, 0) is 76.7 Å². The van der Waals surface area contributed by atoms with Crippen LogP contribution in [0.2, 0.25) is 0 Å². The molecule has 0 saturated carbocycles. The number of nitrogens with zero attached hydrogens (tertiary/aromatic N) is 4. The Balaban J connectivity index is 2.65. The summed E-state index contributed by atoms with van der Waals surface area (Å²) in [6.45, 7) is -0.190. The summed E-state index contributed by atoms with van der Waals surface area (Å²) in [5.41, 5.74) is 21.5. The zero-order valence-corrected chi connectivity index (χ0v) is 48.2. The minimum absolute atomic E-state index is 0.00193. The van der Waals surface area contributed by atoms with Gasteiger partial charge in [0.2, 0.25) is 59.1 Å². The van der Waals surface area contributed by atoms with Crippen molar-refractivity contribution in [3.8, 4) is 0 Å². The molecule has 0 bridgehead atoms. The molecule has 2 unspecified atom stereocenters. The second-order valence-electron chi connectivity index (χ2n) is 20.5. The number of carboxylic acids is 6. The second-order valence-corrected chi connectivity index (χ2v) is 20.5. The van der Waals surface area contributed by atoms with Crippen molar-refractivity contribution < 1.29 is 107 Å². The number of hydrogen-bond acceptors (Lipinski definition) is 18. The highest BCUT2D eigenvalue weighted by molar-refractivity contribution is 6.00. The molecule has 2 rings (SSSR count). The molecule has 38 nitrogen and oxygen atoms in total. The summed E-state index contributed by atoms with van der Waals surface area (Å²) in [6.07, 6.45) is -7.51. The molecule has 2 heterocycles. The number of nitrogens with one attached hydrogen (secondary N) is 8. The van der Waals surface area contributed by atoms with Gasteiger partial charge in [-0.25, -0.2) is 9.59 Å². The van der Waals surface area contributed by atoms with Crippen LogP contribution in [0, 0.1) is 0 Å². The van der Waals surface area contributed by atoms with Crippen LogP contribution in [0.15, 0.2) is 9.98 Å². The first-order valence-electron chi connectivity index (χ1n) is 27.6. The molecule has 0 aromatic carbocycles. The summed E-state index contributed by atoms with van der Waals surface area (Å²) < 4.78 is 0. The fourth-order valence-corrected chi connectivity index (χ4v) is 9.06. The monoisotopic (exact) mass is 1250 g/mol. The molecular formula is C50H78N16O22. The van der Waals surface area contributed by atoms with Gasteiger partial charge in [0.1, 0.15) is 60.4 Å². The van der Waals surface area contributed by atoms with E-state index in [9.17, 15) is 107 Å². The fraction of sp³-hybridized carbons (Fsp3) is 0.640. The van der Waals surface area contributed by atoms with Crippen LogP contribution < -0.4 is 65.5 Å². The molecule has 2 saturated heterocycles. The highest BCUT2D eigenvalue weighted by Crippen LogP contribution is 2.18. The van der Waals surface area contributed by atoms with Gasteiger partial charge in [0.15, 0.2) is 11.9 Å². The van der Waals surface area contributed by atoms with Crippen molar-refractivity contribution in [1.29, 1.82) is 0 Å². The third-order valence-corrected chi connectivity index (χ3v) is 13.7. The molecule has 0 aromatic heterocycles. The van der Waals surface area contributed by atoms with Gasteiger partial charge in [0.25, 0.3) is 0 Å². The number of guanidine groups is 2. The number of carbonyl (C=O) groups is 16. The van der Waals surface area contributed by atoms with E-state index in [2.05, 4.69) is 52.5 Å². The van der Waals surface area contributed by atoms with Gasteiger partial charge in [-0.2, -0.15) is 0 Å². The number of carboxylic acid groups (broad SMARTS) is 6. The number of aliphatic imine (C=N–C) groups is 2. The predicted molar refractivity (Wildman–Crippen MR) is 299 cm³/mol. The van der Waals surface area contributed by atoms with Gasteiger partial charge in [-0.1, -0.05) is 12.8 Å². The summed E-state index contributed by atoms with van der Waals surface area (Å²) in [7, 11) is 2.08. The zero-order chi connectivity index (χ0) is 66.5. The Morgan fingerprint density at radius 1 is 0.455 bits per heavy atom. The maximum atomic E-state index is 14.4. The number of unbranched alkanes of at least 4 members (excludes halogenated alkanes) is 1. The van der Waals surface area contributed by atoms with E-state index in [0.29, 0.717) is 9.80 Å². The molecule has 0 spiro atoms. The summed E-state index contributed by atoms with van der Waals surface area (Å²) in [4.78, 5) is 216. The predicted octanol–water partition coefficient (Wildman–Crippen LogP) is -7.38. The van der Waals surface area contributed by atoms with Gasteiger partial charge >= 0.3 is 35.8 Å². The van der Waals surface area contributed by atoms with Gasteiger partial charge in [0.05, 0.1) is 12.8 Å². The van der Waals surface area contributed by atoms with E-state index in [0.717, 1.165) is 14.1 Å². The quantitative estimate of drug-likeness (QED) is 0.0154. The first-order chi connectivity index (χ1) is 41.2. The van der Waals surface area contributed by atoms with Gasteiger partial charge < -0.3 is 106 Å². The van der Waals surface area contributed by atoms with Gasteiger partial charge in [-0.3, -0.25) is 77.1 Å². The van der Waals surface area contributed by atoms with Crippen molar-refractivity contribution in [3.05, 3.63) is 0 Å². The Bertz CT molecular complexity index is 2490. The van der Waals surface area contributed by atoms with Crippen molar-refractivity contribution in [3.63, 3.8) is 0 Å². The molecular weight excluding hydrogens is 1180 g/mol. The standard InChI is InChI=1S/C50H78N16O22/c1-65(31(47(85)86)9-5-19-55-49(51)52)45(83)27(61-43(81)29(21-37(73)74)63-41(79)25(13-17-35(69)70)59-39(77)23-11-15-33(67)57-23)7-3-4-8-28(46(84)66(2)32(48(87)88)10-6-20-56-50(53)54)62-44(82)30(22-38(75)76)64-42(80)26(14-18-36(71)72)60-40(78)24-12-16-34(68)58-24/h23-32H,3-22H2,1-2H3,(H,57,67)(H,58,68)(H,59,77)(H,60,78)(H,61,81)(H,62,82)(H,63,79)(H,64,80)(H,69,70)(H,71,72)(H,73,74)(H,75,76)(H,85,86)(H,87,88)(H4,51,52,55)(H4,53,54,56)/t23-,24-,25-,26-,27?,28?,29-,30-,31-,32-/m0/s1. The van der Waals surface area contributed by atoms with Crippen LogP contribution in [0.5, 0.6) is 0 Å². The molecule has 10 atom stereocenters. The average Bonchev–Trinajstić information content (AvgIpc) is 3.95. The van der Waals surface area contributed by atoms with Crippen molar-refractivity contribution in [2.45, 2.75) is 176 Å². The lowest BCUT2D eigenvalue weighted by Gasteiger charge is -2.31. The minimum Gasteiger partial charge on any atom is -0.481 e. The largest absolute Gasteiger partial charge is 0.481 e. The SMILES string of the molecule is CN(C(=O)C(CCCCC(NC(=O)[C@H](CC(=O)O)NC(=O)[C@H](CCC(=O)O)NC(=O)[C@@H]1CCC(=O)N1)C(=O)N(C)[C@@H](CCCN=C(N)N)C(=O)O)NC(=O)[C@H](CC(=O)O)NC(=O)[C@H](CCC(=O)O)NC(=O)[C@@H]1CCC(=O)N1)[C@@H](CCCN=C(N)N)C(=O)O. The van der Waals surface area contributed by atoms with Gasteiger partial charge in [0, 0.05) is 52.9 Å². The lowest BCUT2D eigenvalue weighted by Crippen LogP contribution is -2.59. The molecule has 10 amide bonds. The van der Waals surface area contributed by atoms with Crippen LogP contribution in [0.3, 0.4) is 0 Å². The molecule has 0 radical (unpaired) electrons. The summed E-state index contributed by atoms with van der Waals surface area (Å²) in [5.74, 6) is -20.5. The van der Waals surface area contributed by atoms with Crippen LogP contribution in [0.4, 0.5) is 0 Å². The number of amides is 10. The number of nitrogens with two attached hydrogens (primary N) is 4. The van der Waals surface area contributed by atoms with Crippen molar-refractivity contribution >= 4 is 107 Å². The van der Waals surface area contributed by atoms with E-state index in [1.165, 1.54) is 0 Å². The third-order valence-electron chi connectivity index (χ3n) is 13.7. The molecule has 0 aliphatic carbocycles. The minimum atomic E-state index is -2.11. The molecule has 490 valence electrons. The first-order valence-corrected chi connectivity index (χ1v) is 27.6. The number of likely N-dealkylation sites (N-methyl/N-ethyl adjacent to an activating group) is 2. The number of rotatable bonds is 41. The maximum Gasteiger partial charge on any atom is 0.326 e. The highest BCUT2D eigenvalue weighted by atomic mass is 16.4. The van der Waals surface area contributed by atoms with E-state index in [1.807, 2.05) is 0 Å². The number of aliphatic carboxylic acids is 6. The molecule has 2 aliphatic heterocycles. The molecule has 22 N–H and O–H groups in total. The lowest BCUT2D eigenvalue weighted by molar-refractivity contribution is -0.151. The van der Waals surface area contributed by atoms with E-state index >= 15 is 0 Å². The maximum absolute atomic E-state index is 14.4. The van der Waals surface area contributed by atoms with Crippen molar-refractivity contribution in [1.82, 2.24) is 52.3 Å². The molecule has 88 heavy (non-hydrogen) atoms. The summed E-state index contributed by atoms with van der Waals surface area (Å²) in [6, 6.07) is -17.0. The van der Waals surface area contributed by atoms with E-state index < -0.39 is 207 Å². The topological polar surface area (TPSA) is 626 Å². The van der Waals surface area contributed by atoms with E-state index in [1.54, 1.807) is 0 Å². The Labute approximate surface area is 501 Å². The average molecular weight is 1260 g/mol. The Hall–Kier alpha value is -9.94. The second kappa shape index (κ2) is 36.8. The van der Waals surface area contributed by atoms with Crippen LogP contribution in [0.1, 0.15) is 116 Å². The summed E-state index contributed by atoms with van der Waals surface area (Å²) >= 11 is 0. The molecule has 2 aliphatic rings. The van der Waals surface area contributed by atoms with Gasteiger partial charge in [-0.15, -0.1) is 0 Å². The Morgan fingerprint density at radius 2 is 0.773 bits per heavy atom. The van der Waals surface area contributed by atoms with Crippen LogP contribution in [0.25, 0.3) is 0 Å². The lowest BCUT2D eigenvalue weighted by atomic mass is 10.00. The Kier molecular flexibility index (Phi) is 31.0. The van der Waals surface area contributed by atoms with Crippen LogP contribution in [-0.4, -0.2) is 235 Å². The van der Waals surface area contributed by atoms with Crippen molar-refractivity contribution in [2.24, 2.45) is 32.9 Å². The first kappa shape index (κ1) is 74.2. The Morgan fingerprint density at radius 3 is 1.05 bits per heavy atom. The molecule has 2 fully saturated rings. The molecule has 0 aromatic rings. The zero-order valence-electron chi connectivity index (χ0n) is 48.2. The normalized spacial score (nSPS) is 16.9. The molecule has 38 heteroatoms. The fourth-order valence-electron chi connectivity index (χ4n) is 9.06. The highest BCUT2D eigenvalue weighted by Gasteiger charge is 2.39. The van der Waals surface area contributed by atoms with Gasteiger partial charge in [-0.05, 0) is 64.2 Å². The van der Waals surface area contributed by atoms with E-state index in [4.69, 9.17) is 22.9 Å². The van der Waals surface area contributed by atoms with E-state index in [-0.39, 0.29) is 89.2 Å².